The van der Waals surface area contributed by atoms with Gasteiger partial charge in [0.2, 0.25) is 0 Å². The molecular weight excluding hydrogens is 406 g/mol. The number of hydrogen-bond donors (Lipinski definition) is 2. The van der Waals surface area contributed by atoms with Gasteiger partial charge in [0.25, 0.3) is 0 Å². The Hall–Kier alpha value is -3.19. The van der Waals surface area contributed by atoms with E-state index in [-0.39, 0.29) is 0 Å². The van der Waals surface area contributed by atoms with Gasteiger partial charge >= 0.3 is 6.09 Å². The number of nitrogens with zero attached hydrogens (tertiary/aromatic N) is 1. The molecule has 0 aliphatic heterocycles. The van der Waals surface area contributed by atoms with Gasteiger partial charge in [0.1, 0.15) is 12.4 Å². The summed E-state index contributed by atoms with van der Waals surface area (Å²) in [7, 11) is 1.66. The summed E-state index contributed by atoms with van der Waals surface area (Å²) < 4.78 is 18.4. The Labute approximate surface area is 188 Å². The lowest BCUT2D eigenvalue weighted by Crippen LogP contribution is -2.18. The number of ether oxygens (including phenoxy) is 3. The Balaban J connectivity index is 1.67. The molecule has 0 radical (unpaired) electrons. The Bertz CT molecular complexity index is 1070. The number of anilines is 2. The van der Waals surface area contributed by atoms with Crippen LogP contribution in [0.25, 0.3) is 22.2 Å². The summed E-state index contributed by atoms with van der Waals surface area (Å²) in [4.78, 5) is 11.8. The Morgan fingerprint density at radius 3 is 2.56 bits per heavy atom. The Morgan fingerprint density at radius 1 is 1.12 bits per heavy atom. The molecule has 0 unspecified atom stereocenters. The molecule has 1 fully saturated rings. The largest absolute Gasteiger partial charge is 0.491 e. The lowest BCUT2D eigenvalue weighted by molar-refractivity contribution is 0.146. The van der Waals surface area contributed by atoms with Gasteiger partial charge in [-0.2, -0.15) is 0 Å². The van der Waals surface area contributed by atoms with Crippen LogP contribution < -0.4 is 15.8 Å². The van der Waals surface area contributed by atoms with Gasteiger partial charge in [0.15, 0.2) is 0 Å². The highest BCUT2D eigenvalue weighted by Gasteiger charge is 2.27. The number of nitrogens with two attached hydrogens (primary N) is 1. The number of hydrogen-bond acceptors (Lipinski definition) is 5. The van der Waals surface area contributed by atoms with E-state index in [4.69, 9.17) is 19.9 Å². The third kappa shape index (κ3) is 4.53. The van der Waals surface area contributed by atoms with Gasteiger partial charge in [-0.25, -0.2) is 4.79 Å². The molecule has 7 heteroatoms. The van der Waals surface area contributed by atoms with Gasteiger partial charge in [-0.05, 0) is 49.9 Å². The number of aromatic nitrogens is 1. The second-order valence-electron chi connectivity index (χ2n) is 8.08. The van der Waals surface area contributed by atoms with E-state index < -0.39 is 6.09 Å². The van der Waals surface area contributed by atoms with Crippen LogP contribution in [0.4, 0.5) is 16.2 Å². The zero-order chi connectivity index (χ0) is 22.5. The van der Waals surface area contributed by atoms with Crippen molar-refractivity contribution in [3.05, 3.63) is 42.5 Å². The van der Waals surface area contributed by atoms with Crippen LogP contribution in [-0.4, -0.2) is 37.6 Å². The number of benzene rings is 2. The van der Waals surface area contributed by atoms with Crippen molar-refractivity contribution < 1.29 is 19.0 Å². The molecule has 1 amide bonds. The minimum atomic E-state index is -0.441. The van der Waals surface area contributed by atoms with Crippen LogP contribution in [-0.2, 0) is 9.47 Å². The van der Waals surface area contributed by atoms with Crippen molar-refractivity contribution in [1.29, 1.82) is 0 Å². The van der Waals surface area contributed by atoms with Crippen molar-refractivity contribution in [3.8, 4) is 17.0 Å². The summed E-state index contributed by atoms with van der Waals surface area (Å²) in [6.07, 6.45) is 3.83. The van der Waals surface area contributed by atoms with Crippen molar-refractivity contribution in [2.45, 2.75) is 38.6 Å². The molecule has 1 aromatic heterocycles. The predicted octanol–water partition coefficient (Wildman–Crippen LogP) is 5.60. The highest BCUT2D eigenvalue weighted by Crippen LogP contribution is 2.44. The van der Waals surface area contributed by atoms with E-state index in [9.17, 15) is 4.79 Å². The Morgan fingerprint density at radius 2 is 1.91 bits per heavy atom. The van der Waals surface area contributed by atoms with Gasteiger partial charge in [0, 0.05) is 35.9 Å². The topological polar surface area (TPSA) is 87.7 Å². The Kier molecular flexibility index (Phi) is 6.85. The van der Waals surface area contributed by atoms with Crippen LogP contribution >= 0.6 is 0 Å². The minimum Gasteiger partial charge on any atom is -0.491 e. The molecule has 1 saturated carbocycles. The molecule has 2 aromatic carbocycles. The minimum absolute atomic E-state index is 0.402. The average Bonchev–Trinajstić information content (AvgIpc) is 3.03. The summed E-state index contributed by atoms with van der Waals surface area (Å²) in [5.41, 5.74) is 11.2. The number of carbonyl (C=O) groups excluding carboxylic acids is 1. The molecule has 0 bridgehead atoms. The first-order valence-electron chi connectivity index (χ1n) is 11.2. The van der Waals surface area contributed by atoms with Crippen molar-refractivity contribution in [3.63, 3.8) is 0 Å². The molecule has 1 aliphatic rings. The zero-order valence-corrected chi connectivity index (χ0v) is 18.7. The van der Waals surface area contributed by atoms with E-state index in [0.29, 0.717) is 31.5 Å². The number of nitrogen functional groups attached to an aromatic ring is 1. The van der Waals surface area contributed by atoms with Gasteiger partial charge in [-0.15, -0.1) is 0 Å². The number of amides is 1. The number of carbonyl (C=O) groups is 1. The molecule has 4 rings (SSSR count). The maximum Gasteiger partial charge on any atom is 0.411 e. The second kappa shape index (κ2) is 9.96. The summed E-state index contributed by atoms with van der Waals surface area (Å²) in [6.45, 7) is 3.41. The van der Waals surface area contributed by atoms with Crippen molar-refractivity contribution in [1.82, 2.24) is 4.57 Å². The quantitative estimate of drug-likeness (QED) is 0.426. The van der Waals surface area contributed by atoms with Crippen LogP contribution in [0.2, 0.25) is 0 Å². The van der Waals surface area contributed by atoms with Gasteiger partial charge in [0.05, 0.1) is 30.1 Å². The van der Waals surface area contributed by atoms with Crippen molar-refractivity contribution >= 4 is 28.4 Å². The fourth-order valence-electron chi connectivity index (χ4n) is 4.03. The normalized spacial score (nSPS) is 13.7. The SMILES string of the molecule is CCCOC(=O)Nc1ccc(-c2c(N)c3ccc(OCCOC)cc3n2C2CCC2)cc1. The van der Waals surface area contributed by atoms with Gasteiger partial charge < -0.3 is 24.5 Å². The molecule has 0 atom stereocenters. The van der Waals surface area contributed by atoms with E-state index >= 15 is 0 Å². The van der Waals surface area contributed by atoms with Crippen LogP contribution in [0.1, 0.15) is 38.6 Å². The summed E-state index contributed by atoms with van der Waals surface area (Å²) in [5.74, 6) is 0.810. The van der Waals surface area contributed by atoms with Crippen LogP contribution in [0.5, 0.6) is 5.75 Å². The molecule has 3 N–H and O–H groups in total. The summed E-state index contributed by atoms with van der Waals surface area (Å²) in [5, 5.41) is 3.79. The molecule has 32 heavy (non-hydrogen) atoms. The third-order valence-electron chi connectivity index (χ3n) is 5.85. The first-order chi connectivity index (χ1) is 15.6. The standard InChI is InChI=1S/C25H31N3O4/c1-3-13-32-25(29)27-18-9-7-17(8-10-18)24-23(26)21-12-11-20(31-15-14-30-2)16-22(21)28(24)19-5-4-6-19/h7-12,16,19H,3-6,13-15,26H2,1-2H3,(H,27,29). The number of fused-ring (bicyclic) bond motifs is 1. The maximum atomic E-state index is 11.8. The monoisotopic (exact) mass is 437 g/mol. The maximum absolute atomic E-state index is 11.8. The van der Waals surface area contributed by atoms with Gasteiger partial charge in [-0.1, -0.05) is 19.1 Å². The zero-order valence-electron chi connectivity index (χ0n) is 18.7. The number of rotatable bonds is 9. The van der Waals surface area contributed by atoms with Crippen LogP contribution in [0.3, 0.4) is 0 Å². The van der Waals surface area contributed by atoms with Crippen LogP contribution in [0, 0.1) is 0 Å². The molecule has 170 valence electrons. The number of methoxy groups -OCH3 is 1. The first-order valence-corrected chi connectivity index (χ1v) is 11.2. The predicted molar refractivity (Wildman–Crippen MR) is 127 cm³/mol. The third-order valence-corrected chi connectivity index (χ3v) is 5.85. The van der Waals surface area contributed by atoms with E-state index in [2.05, 4.69) is 16.0 Å². The van der Waals surface area contributed by atoms with E-state index in [1.807, 2.05) is 43.3 Å². The summed E-state index contributed by atoms with van der Waals surface area (Å²) >= 11 is 0. The molecule has 1 heterocycles. The van der Waals surface area contributed by atoms with Crippen LogP contribution in [0.15, 0.2) is 42.5 Å². The molecule has 7 nitrogen and oxygen atoms in total. The van der Waals surface area contributed by atoms with E-state index in [1.165, 1.54) is 6.42 Å². The van der Waals surface area contributed by atoms with Gasteiger partial charge in [-0.3, -0.25) is 5.32 Å². The highest BCUT2D eigenvalue weighted by molar-refractivity contribution is 6.01. The fraction of sp³-hybridized carbons (Fsp3) is 0.400. The van der Waals surface area contributed by atoms with Crippen molar-refractivity contribution in [2.75, 3.05) is 38.0 Å². The first kappa shape index (κ1) is 22.0. The molecule has 1 aliphatic carbocycles. The fourth-order valence-corrected chi connectivity index (χ4v) is 4.03. The van der Waals surface area contributed by atoms with Crippen molar-refractivity contribution in [2.24, 2.45) is 0 Å². The molecule has 0 spiro atoms. The summed E-state index contributed by atoms with van der Waals surface area (Å²) in [6, 6.07) is 14.2. The van der Waals surface area contributed by atoms with E-state index in [1.54, 1.807) is 7.11 Å². The molecule has 0 saturated heterocycles. The smallest absolute Gasteiger partial charge is 0.411 e. The lowest BCUT2D eigenvalue weighted by Gasteiger charge is -2.30. The lowest BCUT2D eigenvalue weighted by atomic mass is 9.92. The van der Waals surface area contributed by atoms with E-state index in [0.717, 1.165) is 52.9 Å². The number of nitrogens with one attached hydrogen (secondary N) is 1. The molecule has 3 aromatic rings. The second-order valence-corrected chi connectivity index (χ2v) is 8.08. The average molecular weight is 438 g/mol. The highest BCUT2D eigenvalue weighted by atomic mass is 16.5. The molecular formula is C25H31N3O4.